The highest BCUT2D eigenvalue weighted by atomic mass is 19.4. The van der Waals surface area contributed by atoms with Gasteiger partial charge in [-0.15, -0.1) is 0 Å². The number of pyridine rings is 1. The van der Waals surface area contributed by atoms with E-state index in [9.17, 15) is 18.0 Å². The number of carboxylic acids is 1. The molecule has 3 rings (SSSR count). The number of aromatic carboxylic acids is 1. The fraction of sp³-hybridized carbons (Fsp3) is 0.538. The van der Waals surface area contributed by atoms with E-state index in [-0.39, 0.29) is 29.6 Å². The molecule has 21 heavy (non-hydrogen) atoms. The molecule has 0 radical (unpaired) electrons. The molecule has 1 aromatic heterocycles. The number of ether oxygens (including phenoxy) is 1. The van der Waals surface area contributed by atoms with Gasteiger partial charge < -0.3 is 15.2 Å². The van der Waals surface area contributed by atoms with Crippen LogP contribution < -0.4 is 5.32 Å². The smallest absolute Gasteiger partial charge is 0.433 e. The molecule has 2 aliphatic heterocycles. The van der Waals surface area contributed by atoms with E-state index in [2.05, 4.69) is 10.3 Å². The fourth-order valence-electron chi connectivity index (χ4n) is 2.86. The van der Waals surface area contributed by atoms with E-state index >= 15 is 0 Å². The Morgan fingerprint density at radius 2 is 2.14 bits per heavy atom. The average Bonchev–Trinajstić information content (AvgIpc) is 2.99. The standard InChI is InChI=1S/C13H13F3N2O3/c14-13(15,16)10-4-2-7(12(19)20)11(18-10)17-8-5-6-1-3-9(8)21-6/h2,4,6,8-9H,1,3,5H2,(H,17,18)(H,19,20). The van der Waals surface area contributed by atoms with Crippen molar-refractivity contribution in [2.75, 3.05) is 5.32 Å². The van der Waals surface area contributed by atoms with E-state index in [1.807, 2.05) is 0 Å². The summed E-state index contributed by atoms with van der Waals surface area (Å²) in [7, 11) is 0. The maximum absolute atomic E-state index is 12.7. The molecule has 2 bridgehead atoms. The first kappa shape index (κ1) is 14.1. The molecule has 0 spiro atoms. The van der Waals surface area contributed by atoms with Crippen molar-refractivity contribution in [2.24, 2.45) is 0 Å². The average molecular weight is 302 g/mol. The number of halogens is 3. The second-order valence-corrected chi connectivity index (χ2v) is 5.26. The van der Waals surface area contributed by atoms with Crippen LogP contribution in [0.5, 0.6) is 0 Å². The highest BCUT2D eigenvalue weighted by molar-refractivity contribution is 5.93. The number of fused-ring (bicyclic) bond motifs is 2. The minimum atomic E-state index is -4.61. The van der Waals surface area contributed by atoms with E-state index in [0.29, 0.717) is 12.5 Å². The Hall–Kier alpha value is -1.83. The quantitative estimate of drug-likeness (QED) is 0.897. The van der Waals surface area contributed by atoms with Gasteiger partial charge in [0.1, 0.15) is 17.1 Å². The summed E-state index contributed by atoms with van der Waals surface area (Å²) in [6, 6.07) is 1.40. The van der Waals surface area contributed by atoms with Gasteiger partial charge in [-0.3, -0.25) is 0 Å². The Morgan fingerprint density at radius 1 is 1.38 bits per heavy atom. The molecular weight excluding hydrogens is 289 g/mol. The van der Waals surface area contributed by atoms with E-state index in [4.69, 9.17) is 9.84 Å². The van der Waals surface area contributed by atoms with Crippen molar-refractivity contribution in [1.82, 2.24) is 4.98 Å². The molecule has 0 amide bonds. The van der Waals surface area contributed by atoms with E-state index in [1.54, 1.807) is 0 Å². The zero-order chi connectivity index (χ0) is 15.2. The number of hydrogen-bond donors (Lipinski definition) is 2. The SMILES string of the molecule is O=C(O)c1ccc(C(F)(F)F)nc1NC1CC2CCC1O2. The molecule has 8 heteroatoms. The summed E-state index contributed by atoms with van der Waals surface area (Å²) >= 11 is 0. The second kappa shape index (κ2) is 4.87. The van der Waals surface area contributed by atoms with Crippen LogP contribution in [0.15, 0.2) is 12.1 Å². The molecule has 3 atom stereocenters. The maximum atomic E-state index is 12.7. The van der Waals surface area contributed by atoms with Gasteiger partial charge in [-0.05, 0) is 31.4 Å². The first-order valence-corrected chi connectivity index (χ1v) is 6.58. The zero-order valence-electron chi connectivity index (χ0n) is 10.9. The van der Waals surface area contributed by atoms with Crippen LogP contribution in [0, 0.1) is 0 Å². The van der Waals surface area contributed by atoms with Crippen molar-refractivity contribution in [3.05, 3.63) is 23.4 Å². The monoisotopic (exact) mass is 302 g/mol. The second-order valence-electron chi connectivity index (χ2n) is 5.26. The number of rotatable bonds is 3. The molecular formula is C13H13F3N2O3. The topological polar surface area (TPSA) is 71.5 Å². The highest BCUT2D eigenvalue weighted by Gasteiger charge is 2.41. The van der Waals surface area contributed by atoms with Gasteiger partial charge in [0, 0.05) is 0 Å². The number of aromatic nitrogens is 1. The first-order chi connectivity index (χ1) is 9.84. The largest absolute Gasteiger partial charge is 0.478 e. The number of carboxylic acid groups (broad SMARTS) is 1. The Bertz CT molecular complexity index is 576. The summed E-state index contributed by atoms with van der Waals surface area (Å²) in [6.45, 7) is 0. The number of carbonyl (C=O) groups is 1. The minimum Gasteiger partial charge on any atom is -0.478 e. The van der Waals surface area contributed by atoms with Gasteiger partial charge in [-0.2, -0.15) is 13.2 Å². The predicted molar refractivity (Wildman–Crippen MR) is 66.1 cm³/mol. The molecule has 2 N–H and O–H groups in total. The van der Waals surface area contributed by atoms with Crippen LogP contribution in [0.25, 0.3) is 0 Å². The molecule has 2 saturated heterocycles. The minimum absolute atomic E-state index is 0.0898. The van der Waals surface area contributed by atoms with Gasteiger partial charge in [0.15, 0.2) is 0 Å². The third-order valence-corrected chi connectivity index (χ3v) is 3.84. The van der Waals surface area contributed by atoms with Crippen LogP contribution in [0.2, 0.25) is 0 Å². The molecule has 114 valence electrons. The summed E-state index contributed by atoms with van der Waals surface area (Å²) in [5.74, 6) is -1.57. The molecule has 1 aromatic rings. The van der Waals surface area contributed by atoms with Crippen molar-refractivity contribution < 1.29 is 27.8 Å². The highest BCUT2D eigenvalue weighted by Crippen LogP contribution is 2.37. The Kier molecular flexibility index (Phi) is 3.27. The third kappa shape index (κ3) is 2.67. The lowest BCUT2D eigenvalue weighted by atomic mass is 9.95. The number of hydrogen-bond acceptors (Lipinski definition) is 4. The van der Waals surface area contributed by atoms with Gasteiger partial charge in [-0.1, -0.05) is 0 Å². The van der Waals surface area contributed by atoms with E-state index in [0.717, 1.165) is 18.9 Å². The van der Waals surface area contributed by atoms with Crippen molar-refractivity contribution in [1.29, 1.82) is 0 Å². The predicted octanol–water partition coefficient (Wildman–Crippen LogP) is 2.53. The Labute approximate surface area is 118 Å². The molecule has 0 aliphatic carbocycles. The van der Waals surface area contributed by atoms with Crippen molar-refractivity contribution in [3.63, 3.8) is 0 Å². The summed E-state index contributed by atoms with van der Waals surface area (Å²) in [5.41, 5.74) is -1.38. The summed E-state index contributed by atoms with van der Waals surface area (Å²) < 4.78 is 43.7. The zero-order valence-corrected chi connectivity index (χ0v) is 10.9. The number of nitrogens with one attached hydrogen (secondary N) is 1. The normalized spacial score (nSPS) is 27.9. The van der Waals surface area contributed by atoms with Gasteiger partial charge in [0.25, 0.3) is 0 Å². The van der Waals surface area contributed by atoms with Gasteiger partial charge in [0.2, 0.25) is 0 Å². The van der Waals surface area contributed by atoms with Crippen LogP contribution in [0.1, 0.15) is 35.3 Å². The fourth-order valence-corrected chi connectivity index (χ4v) is 2.86. The van der Waals surface area contributed by atoms with Crippen molar-refractivity contribution >= 4 is 11.8 Å². The van der Waals surface area contributed by atoms with Crippen LogP contribution in [0.3, 0.4) is 0 Å². The lowest BCUT2D eigenvalue weighted by Gasteiger charge is -2.22. The van der Waals surface area contributed by atoms with Gasteiger partial charge >= 0.3 is 12.1 Å². The van der Waals surface area contributed by atoms with Crippen molar-refractivity contribution in [3.8, 4) is 0 Å². The Balaban J connectivity index is 1.89. The molecule has 0 saturated carbocycles. The number of anilines is 1. The van der Waals surface area contributed by atoms with Crippen LogP contribution >= 0.6 is 0 Å². The van der Waals surface area contributed by atoms with Crippen LogP contribution in [0.4, 0.5) is 19.0 Å². The lowest BCUT2D eigenvalue weighted by molar-refractivity contribution is -0.141. The Morgan fingerprint density at radius 3 is 2.67 bits per heavy atom. The summed E-state index contributed by atoms with van der Waals surface area (Å²) in [6.07, 6.45) is -2.19. The van der Waals surface area contributed by atoms with E-state index < -0.39 is 17.8 Å². The summed E-state index contributed by atoms with van der Waals surface area (Å²) in [4.78, 5) is 14.6. The molecule has 3 heterocycles. The maximum Gasteiger partial charge on any atom is 0.433 e. The van der Waals surface area contributed by atoms with Gasteiger partial charge in [0.05, 0.1) is 18.2 Å². The molecule has 5 nitrogen and oxygen atoms in total. The molecule has 2 aliphatic rings. The molecule has 2 fully saturated rings. The third-order valence-electron chi connectivity index (χ3n) is 3.84. The first-order valence-electron chi connectivity index (χ1n) is 6.58. The van der Waals surface area contributed by atoms with Gasteiger partial charge in [-0.25, -0.2) is 9.78 Å². The number of alkyl halides is 3. The van der Waals surface area contributed by atoms with Crippen LogP contribution in [-0.4, -0.2) is 34.3 Å². The number of nitrogens with zero attached hydrogens (tertiary/aromatic N) is 1. The van der Waals surface area contributed by atoms with Crippen LogP contribution in [-0.2, 0) is 10.9 Å². The van der Waals surface area contributed by atoms with Crippen molar-refractivity contribution in [2.45, 2.75) is 43.7 Å². The lowest BCUT2D eigenvalue weighted by Crippen LogP contribution is -2.32. The molecule has 3 unspecified atom stereocenters. The summed E-state index contributed by atoms with van der Waals surface area (Å²) in [5, 5.41) is 11.9. The van der Waals surface area contributed by atoms with E-state index in [1.165, 1.54) is 0 Å². The molecule has 0 aromatic carbocycles.